The number of benzene rings is 1. The minimum absolute atomic E-state index is 0.653. The molecule has 5 nitrogen and oxygen atoms in total. The summed E-state index contributed by atoms with van der Waals surface area (Å²) in [5.41, 5.74) is 2.61. The number of anilines is 1. The quantitative estimate of drug-likeness (QED) is 0.672. The van der Waals surface area contributed by atoms with E-state index >= 15 is 0 Å². The monoisotopic (exact) mass is 339 g/mol. The van der Waals surface area contributed by atoms with E-state index in [1.165, 1.54) is 17.8 Å². The fraction of sp³-hybridized carbons (Fsp3) is 0.450. The lowest BCUT2D eigenvalue weighted by molar-refractivity contribution is 0.450. The van der Waals surface area contributed by atoms with Crippen LogP contribution in [0, 0.1) is 5.92 Å². The third-order valence-corrected chi connectivity index (χ3v) is 4.98. The second kappa shape index (κ2) is 8.10. The Hall–Kier alpha value is -2.43. The number of para-hydroxylation sites is 1. The number of nitrogens with one attached hydrogen (secondary N) is 1. The van der Waals surface area contributed by atoms with Crippen LogP contribution in [0.4, 0.5) is 5.69 Å². The summed E-state index contributed by atoms with van der Waals surface area (Å²) in [6.45, 7) is 4.06. The Morgan fingerprint density at radius 2 is 2.04 bits per heavy atom. The van der Waals surface area contributed by atoms with Crippen molar-refractivity contribution in [1.82, 2.24) is 14.8 Å². The molecule has 0 spiro atoms. The van der Waals surface area contributed by atoms with Crippen molar-refractivity contribution in [1.29, 1.82) is 0 Å². The van der Waals surface area contributed by atoms with Crippen molar-refractivity contribution in [2.24, 2.45) is 18.0 Å². The number of aryl methyl sites for hydroxylation is 1. The second-order valence-corrected chi connectivity index (χ2v) is 6.83. The van der Waals surface area contributed by atoms with Crippen molar-refractivity contribution in [3.63, 3.8) is 0 Å². The molecule has 5 heteroatoms. The molecule has 1 N–H and O–H groups in total. The number of nitrogens with zero attached hydrogens (tertiary/aromatic N) is 4. The molecule has 1 atom stereocenters. The van der Waals surface area contributed by atoms with Gasteiger partial charge in [-0.15, -0.1) is 0 Å². The van der Waals surface area contributed by atoms with Crippen molar-refractivity contribution in [2.75, 3.05) is 38.6 Å². The molecule has 0 aliphatic carbocycles. The maximum absolute atomic E-state index is 4.44. The molecule has 2 heterocycles. The first-order valence-corrected chi connectivity index (χ1v) is 8.99. The zero-order valence-electron chi connectivity index (χ0n) is 15.5. The molecule has 0 amide bonds. The first-order chi connectivity index (χ1) is 12.2. The third kappa shape index (κ3) is 4.35. The van der Waals surface area contributed by atoms with Crippen LogP contribution in [0.25, 0.3) is 0 Å². The Morgan fingerprint density at radius 1 is 1.24 bits per heavy atom. The molecule has 3 rings (SSSR count). The topological polar surface area (TPSA) is 35.8 Å². The van der Waals surface area contributed by atoms with Gasteiger partial charge in [0.15, 0.2) is 5.96 Å². The van der Waals surface area contributed by atoms with E-state index in [1.807, 2.05) is 7.05 Å². The highest BCUT2D eigenvalue weighted by Crippen LogP contribution is 2.22. The van der Waals surface area contributed by atoms with E-state index < -0.39 is 0 Å². The van der Waals surface area contributed by atoms with E-state index in [9.17, 15) is 0 Å². The third-order valence-electron chi connectivity index (χ3n) is 4.98. The minimum atomic E-state index is 0.653. The first kappa shape index (κ1) is 17.4. The number of aliphatic imine (C=N–C) groups is 1. The molecule has 0 radical (unpaired) electrons. The largest absolute Gasteiger partial charge is 0.371 e. The fourth-order valence-corrected chi connectivity index (χ4v) is 3.47. The van der Waals surface area contributed by atoms with Crippen LogP contribution in [-0.4, -0.2) is 49.2 Å². The molecule has 1 aromatic carbocycles. The molecular weight excluding hydrogens is 310 g/mol. The van der Waals surface area contributed by atoms with Crippen LogP contribution in [-0.2, 0) is 13.6 Å². The Morgan fingerprint density at radius 3 is 2.72 bits per heavy atom. The summed E-state index contributed by atoms with van der Waals surface area (Å²) in [5.74, 6) is 1.61. The van der Waals surface area contributed by atoms with Crippen LogP contribution >= 0.6 is 0 Å². The van der Waals surface area contributed by atoms with E-state index in [2.05, 4.69) is 87.4 Å². The van der Waals surface area contributed by atoms with Crippen LogP contribution in [0.3, 0.4) is 0 Å². The summed E-state index contributed by atoms with van der Waals surface area (Å²) < 4.78 is 2.15. The molecule has 1 aliphatic heterocycles. The van der Waals surface area contributed by atoms with Gasteiger partial charge in [-0.1, -0.05) is 18.2 Å². The van der Waals surface area contributed by atoms with Crippen molar-refractivity contribution in [2.45, 2.75) is 13.0 Å². The average Bonchev–Trinajstić information content (AvgIpc) is 3.26. The number of rotatable bonds is 5. The van der Waals surface area contributed by atoms with E-state index in [0.29, 0.717) is 5.92 Å². The fourth-order valence-electron chi connectivity index (χ4n) is 3.47. The molecule has 1 unspecified atom stereocenters. The molecule has 1 aromatic heterocycles. The van der Waals surface area contributed by atoms with Gasteiger partial charge in [0.1, 0.15) is 0 Å². The van der Waals surface area contributed by atoms with Gasteiger partial charge in [-0.2, -0.15) is 0 Å². The van der Waals surface area contributed by atoms with Gasteiger partial charge in [-0.05, 0) is 36.6 Å². The number of hydrogen-bond donors (Lipinski definition) is 1. The lowest BCUT2D eigenvalue weighted by atomic mass is 10.1. The molecule has 0 saturated carbocycles. The molecule has 1 fully saturated rings. The summed E-state index contributed by atoms with van der Waals surface area (Å²) in [7, 11) is 6.03. The standard InChI is InChI=1S/C20H29N5/c1-21-20(24(3)16-19-10-7-12-23(19)2)22-14-17-11-13-25(15-17)18-8-5-4-6-9-18/h4-10,12,17H,11,13-16H2,1-3H3,(H,21,22). The molecule has 134 valence electrons. The van der Waals surface area contributed by atoms with Gasteiger partial charge in [-0.25, -0.2) is 0 Å². The maximum Gasteiger partial charge on any atom is 0.193 e. The SMILES string of the molecule is CN=C(NCC1CCN(c2ccccc2)C1)N(C)Cc1cccn1C. The predicted octanol–water partition coefficient (Wildman–Crippen LogP) is 2.56. The zero-order valence-corrected chi connectivity index (χ0v) is 15.5. The van der Waals surface area contributed by atoms with Crippen molar-refractivity contribution >= 4 is 11.6 Å². The molecule has 1 aliphatic rings. The molecule has 1 saturated heterocycles. The van der Waals surface area contributed by atoms with Gasteiger partial charge in [0.05, 0.1) is 6.54 Å². The summed E-state index contributed by atoms with van der Waals surface area (Å²) in [6.07, 6.45) is 3.30. The summed E-state index contributed by atoms with van der Waals surface area (Å²) in [5, 5.41) is 3.56. The van der Waals surface area contributed by atoms with Gasteiger partial charge in [0.25, 0.3) is 0 Å². The Balaban J connectivity index is 1.49. The minimum Gasteiger partial charge on any atom is -0.371 e. The van der Waals surface area contributed by atoms with Gasteiger partial charge in [-0.3, -0.25) is 4.99 Å². The zero-order chi connectivity index (χ0) is 17.6. The van der Waals surface area contributed by atoms with E-state index in [4.69, 9.17) is 0 Å². The van der Waals surface area contributed by atoms with Crippen LogP contribution in [0.15, 0.2) is 53.7 Å². The van der Waals surface area contributed by atoms with Crippen molar-refractivity contribution < 1.29 is 0 Å². The van der Waals surface area contributed by atoms with Gasteiger partial charge >= 0.3 is 0 Å². The highest BCUT2D eigenvalue weighted by atomic mass is 15.3. The van der Waals surface area contributed by atoms with E-state index in [1.54, 1.807) is 0 Å². The van der Waals surface area contributed by atoms with E-state index in [-0.39, 0.29) is 0 Å². The van der Waals surface area contributed by atoms with Crippen LogP contribution in [0.1, 0.15) is 12.1 Å². The summed E-state index contributed by atoms with van der Waals surface area (Å²) in [4.78, 5) is 9.10. The molecule has 0 bridgehead atoms. The average molecular weight is 339 g/mol. The van der Waals surface area contributed by atoms with Gasteiger partial charge < -0.3 is 19.7 Å². The van der Waals surface area contributed by atoms with Crippen molar-refractivity contribution in [3.8, 4) is 0 Å². The van der Waals surface area contributed by atoms with Gasteiger partial charge in [0.2, 0.25) is 0 Å². The predicted molar refractivity (Wildman–Crippen MR) is 105 cm³/mol. The van der Waals surface area contributed by atoms with Crippen LogP contribution in [0.2, 0.25) is 0 Å². The van der Waals surface area contributed by atoms with Crippen molar-refractivity contribution in [3.05, 3.63) is 54.4 Å². The molecule has 2 aromatic rings. The van der Waals surface area contributed by atoms with Crippen LogP contribution < -0.4 is 10.2 Å². The Bertz CT molecular complexity index is 691. The summed E-state index contributed by atoms with van der Waals surface area (Å²) >= 11 is 0. The Labute approximate surface area is 151 Å². The van der Waals surface area contributed by atoms with Crippen LogP contribution in [0.5, 0.6) is 0 Å². The maximum atomic E-state index is 4.44. The number of aromatic nitrogens is 1. The lowest BCUT2D eigenvalue weighted by Gasteiger charge is -2.24. The highest BCUT2D eigenvalue weighted by molar-refractivity contribution is 5.79. The number of guanidine groups is 1. The molecule has 25 heavy (non-hydrogen) atoms. The highest BCUT2D eigenvalue weighted by Gasteiger charge is 2.23. The smallest absolute Gasteiger partial charge is 0.193 e. The Kier molecular flexibility index (Phi) is 5.64. The van der Waals surface area contributed by atoms with E-state index in [0.717, 1.165) is 32.1 Å². The first-order valence-electron chi connectivity index (χ1n) is 8.99. The number of hydrogen-bond acceptors (Lipinski definition) is 2. The second-order valence-electron chi connectivity index (χ2n) is 6.83. The lowest BCUT2D eigenvalue weighted by Crippen LogP contribution is -2.41. The summed E-state index contributed by atoms with van der Waals surface area (Å²) in [6, 6.07) is 14.9. The van der Waals surface area contributed by atoms with Gasteiger partial charge in [0, 0.05) is 58.4 Å². The normalized spacial score (nSPS) is 17.8. The molecular formula is C20H29N5.